The van der Waals surface area contributed by atoms with E-state index in [1.807, 2.05) is 6.07 Å². The van der Waals surface area contributed by atoms with Crippen LogP contribution in [0.1, 0.15) is 12.5 Å². The Labute approximate surface area is 149 Å². The quantitative estimate of drug-likeness (QED) is 0.628. The summed E-state index contributed by atoms with van der Waals surface area (Å²) in [6.07, 6.45) is 0.572. The molecule has 0 saturated carbocycles. The molecule has 0 saturated heterocycles. The number of esters is 1. The summed E-state index contributed by atoms with van der Waals surface area (Å²) in [5.41, 5.74) is 0.806. The summed E-state index contributed by atoms with van der Waals surface area (Å²) in [5.74, 6) is -0.833. The summed E-state index contributed by atoms with van der Waals surface area (Å²) in [5, 5.41) is 11.4. The van der Waals surface area contributed by atoms with Crippen molar-refractivity contribution < 1.29 is 19.1 Å². The van der Waals surface area contributed by atoms with Gasteiger partial charge in [0.2, 0.25) is 0 Å². The molecule has 1 aromatic heterocycles. The standard InChI is InChI=1S/C17H14ClN3O4/c1-11(25-13-6-4-12(9-19)5-7-13)17(23)24-10-15(22)21-14-3-2-8-20-16(14)18/h2-8,11H,10H2,1H3,(H,21,22)/t11-/m1/s1. The smallest absolute Gasteiger partial charge is 0.347 e. The minimum absolute atomic E-state index is 0.139. The maximum absolute atomic E-state index is 11.9. The number of ether oxygens (including phenoxy) is 2. The highest BCUT2D eigenvalue weighted by Crippen LogP contribution is 2.17. The maximum Gasteiger partial charge on any atom is 0.347 e. The number of carbonyl (C=O) groups excluding carboxylic acids is 2. The summed E-state index contributed by atoms with van der Waals surface area (Å²) in [7, 11) is 0. The monoisotopic (exact) mass is 359 g/mol. The Bertz CT molecular complexity index is 802. The zero-order valence-electron chi connectivity index (χ0n) is 13.2. The van der Waals surface area contributed by atoms with Crippen LogP contribution in [-0.4, -0.2) is 29.6 Å². The van der Waals surface area contributed by atoms with Crippen molar-refractivity contribution in [2.24, 2.45) is 0 Å². The summed E-state index contributed by atoms with van der Waals surface area (Å²) >= 11 is 5.82. The van der Waals surface area contributed by atoms with Gasteiger partial charge in [0.25, 0.3) is 5.91 Å². The zero-order valence-corrected chi connectivity index (χ0v) is 14.0. The van der Waals surface area contributed by atoms with Crippen LogP contribution in [0.25, 0.3) is 0 Å². The third-order valence-corrected chi connectivity index (χ3v) is 3.31. The number of rotatable bonds is 6. The van der Waals surface area contributed by atoms with Crippen LogP contribution in [0.5, 0.6) is 5.75 Å². The van der Waals surface area contributed by atoms with Crippen LogP contribution in [0, 0.1) is 11.3 Å². The average molecular weight is 360 g/mol. The molecule has 0 aliphatic carbocycles. The first-order valence-corrected chi connectivity index (χ1v) is 7.61. The number of amides is 1. The molecule has 1 heterocycles. The van der Waals surface area contributed by atoms with E-state index in [2.05, 4.69) is 10.3 Å². The van der Waals surface area contributed by atoms with E-state index in [0.29, 0.717) is 17.0 Å². The Hall–Kier alpha value is -3.11. The number of halogens is 1. The Balaban J connectivity index is 1.81. The fraction of sp³-hybridized carbons (Fsp3) is 0.176. The number of carbonyl (C=O) groups is 2. The number of aromatic nitrogens is 1. The van der Waals surface area contributed by atoms with Gasteiger partial charge in [-0.15, -0.1) is 0 Å². The molecule has 128 valence electrons. The van der Waals surface area contributed by atoms with E-state index < -0.39 is 24.6 Å². The molecule has 0 aliphatic rings. The Morgan fingerprint density at radius 2 is 2.04 bits per heavy atom. The minimum atomic E-state index is -0.914. The van der Waals surface area contributed by atoms with Crippen molar-refractivity contribution in [2.75, 3.05) is 11.9 Å². The second-order valence-corrected chi connectivity index (χ2v) is 5.25. The van der Waals surface area contributed by atoms with Gasteiger partial charge in [-0.3, -0.25) is 4.79 Å². The van der Waals surface area contributed by atoms with E-state index in [-0.39, 0.29) is 5.15 Å². The molecule has 1 atom stereocenters. The first kappa shape index (κ1) is 18.2. The zero-order chi connectivity index (χ0) is 18.2. The predicted molar refractivity (Wildman–Crippen MR) is 90.1 cm³/mol. The van der Waals surface area contributed by atoms with Gasteiger partial charge < -0.3 is 14.8 Å². The fourth-order valence-corrected chi connectivity index (χ4v) is 1.95. The number of hydrogen-bond donors (Lipinski definition) is 1. The van der Waals surface area contributed by atoms with Gasteiger partial charge in [-0.05, 0) is 43.3 Å². The lowest BCUT2D eigenvalue weighted by atomic mass is 10.2. The third-order valence-electron chi connectivity index (χ3n) is 3.01. The lowest BCUT2D eigenvalue weighted by Gasteiger charge is -2.14. The van der Waals surface area contributed by atoms with Crippen molar-refractivity contribution in [2.45, 2.75) is 13.0 Å². The highest BCUT2D eigenvalue weighted by atomic mass is 35.5. The minimum Gasteiger partial charge on any atom is -0.479 e. The lowest BCUT2D eigenvalue weighted by Crippen LogP contribution is -2.29. The molecule has 0 bridgehead atoms. The molecule has 7 nitrogen and oxygen atoms in total. The summed E-state index contributed by atoms with van der Waals surface area (Å²) in [6.45, 7) is 1.02. The normalized spacial score (nSPS) is 11.1. The van der Waals surface area contributed by atoms with Crippen molar-refractivity contribution in [3.05, 3.63) is 53.3 Å². The average Bonchev–Trinajstić information content (AvgIpc) is 2.62. The van der Waals surface area contributed by atoms with Gasteiger partial charge in [0.05, 0.1) is 17.3 Å². The first-order chi connectivity index (χ1) is 12.0. The summed E-state index contributed by atoms with van der Waals surface area (Å²) in [4.78, 5) is 27.5. The highest BCUT2D eigenvalue weighted by molar-refractivity contribution is 6.32. The van der Waals surface area contributed by atoms with E-state index in [9.17, 15) is 9.59 Å². The van der Waals surface area contributed by atoms with Gasteiger partial charge in [-0.1, -0.05) is 11.6 Å². The molecular weight excluding hydrogens is 346 g/mol. The molecule has 2 rings (SSSR count). The predicted octanol–water partition coefficient (Wildman–Crippen LogP) is 2.56. The maximum atomic E-state index is 11.9. The molecule has 0 unspecified atom stereocenters. The highest BCUT2D eigenvalue weighted by Gasteiger charge is 2.18. The number of hydrogen-bond acceptors (Lipinski definition) is 6. The van der Waals surface area contributed by atoms with Crippen molar-refractivity contribution in [1.29, 1.82) is 5.26 Å². The number of anilines is 1. The molecular formula is C17H14ClN3O4. The molecule has 0 spiro atoms. The number of nitriles is 1. The lowest BCUT2D eigenvalue weighted by molar-refractivity contribution is -0.153. The molecule has 0 radical (unpaired) electrons. The largest absolute Gasteiger partial charge is 0.479 e. The van der Waals surface area contributed by atoms with Crippen LogP contribution >= 0.6 is 11.6 Å². The van der Waals surface area contributed by atoms with Gasteiger partial charge in [0.1, 0.15) is 5.75 Å². The van der Waals surface area contributed by atoms with E-state index in [4.69, 9.17) is 26.3 Å². The summed E-state index contributed by atoms with van der Waals surface area (Å²) in [6, 6.07) is 11.4. The molecule has 1 aromatic carbocycles. The van der Waals surface area contributed by atoms with Crippen LogP contribution in [0.4, 0.5) is 5.69 Å². The van der Waals surface area contributed by atoms with Crippen molar-refractivity contribution in [1.82, 2.24) is 4.98 Å². The Kier molecular flexibility index (Phi) is 6.32. The van der Waals surface area contributed by atoms with Crippen LogP contribution in [-0.2, 0) is 14.3 Å². The van der Waals surface area contributed by atoms with Gasteiger partial charge in [-0.25, -0.2) is 9.78 Å². The van der Waals surface area contributed by atoms with Crippen LogP contribution < -0.4 is 10.1 Å². The molecule has 8 heteroatoms. The first-order valence-electron chi connectivity index (χ1n) is 7.23. The van der Waals surface area contributed by atoms with Gasteiger partial charge in [0.15, 0.2) is 17.9 Å². The second kappa shape index (κ2) is 8.66. The van der Waals surface area contributed by atoms with Gasteiger partial charge >= 0.3 is 5.97 Å². The third kappa shape index (κ3) is 5.48. The van der Waals surface area contributed by atoms with E-state index in [0.717, 1.165) is 0 Å². The number of benzene rings is 1. The number of nitrogens with zero attached hydrogens (tertiary/aromatic N) is 2. The number of nitrogens with one attached hydrogen (secondary N) is 1. The van der Waals surface area contributed by atoms with E-state index >= 15 is 0 Å². The molecule has 0 aliphatic heterocycles. The van der Waals surface area contributed by atoms with Crippen LogP contribution in [0.15, 0.2) is 42.6 Å². The Morgan fingerprint density at radius 3 is 2.68 bits per heavy atom. The molecule has 1 N–H and O–H groups in total. The molecule has 0 fully saturated rings. The Morgan fingerprint density at radius 1 is 1.32 bits per heavy atom. The van der Waals surface area contributed by atoms with Crippen molar-refractivity contribution in [3.63, 3.8) is 0 Å². The van der Waals surface area contributed by atoms with E-state index in [1.165, 1.54) is 13.1 Å². The molecule has 25 heavy (non-hydrogen) atoms. The van der Waals surface area contributed by atoms with Crippen molar-refractivity contribution in [3.8, 4) is 11.8 Å². The van der Waals surface area contributed by atoms with Crippen LogP contribution in [0.2, 0.25) is 5.15 Å². The van der Waals surface area contributed by atoms with Crippen LogP contribution in [0.3, 0.4) is 0 Å². The second-order valence-electron chi connectivity index (χ2n) is 4.89. The van der Waals surface area contributed by atoms with E-state index in [1.54, 1.807) is 36.4 Å². The number of pyridine rings is 1. The molecule has 2 aromatic rings. The fourth-order valence-electron chi connectivity index (χ4n) is 1.78. The SMILES string of the molecule is C[C@@H](Oc1ccc(C#N)cc1)C(=O)OCC(=O)Nc1cccnc1Cl. The summed E-state index contributed by atoms with van der Waals surface area (Å²) < 4.78 is 10.3. The molecule has 1 amide bonds. The van der Waals surface area contributed by atoms with Crippen molar-refractivity contribution >= 4 is 29.2 Å². The van der Waals surface area contributed by atoms with Gasteiger partial charge in [-0.2, -0.15) is 5.26 Å². The van der Waals surface area contributed by atoms with Gasteiger partial charge in [0, 0.05) is 6.20 Å². The topological polar surface area (TPSA) is 101 Å².